The monoisotopic (exact) mass is 491 g/mol. The number of para-hydroxylation sites is 1. The zero-order valence-electron chi connectivity index (χ0n) is 19.4. The Balaban J connectivity index is 1.46. The Morgan fingerprint density at radius 3 is 2.64 bits per heavy atom. The van der Waals surface area contributed by atoms with Crippen molar-refractivity contribution in [3.05, 3.63) is 89.2 Å². The molecule has 5 rings (SSSR count). The number of nitrogens with one attached hydrogen (secondary N) is 1. The van der Waals surface area contributed by atoms with Gasteiger partial charge in [-0.3, -0.25) is 9.78 Å². The van der Waals surface area contributed by atoms with Gasteiger partial charge in [0.1, 0.15) is 6.07 Å². The van der Waals surface area contributed by atoms with E-state index in [1.165, 1.54) is 12.1 Å². The van der Waals surface area contributed by atoms with Gasteiger partial charge in [0.15, 0.2) is 0 Å². The van der Waals surface area contributed by atoms with Crippen LogP contribution in [0.1, 0.15) is 22.4 Å². The molecule has 2 aliphatic rings. The second-order valence-corrected chi connectivity index (χ2v) is 9.03. The van der Waals surface area contributed by atoms with Crippen molar-refractivity contribution in [1.82, 2.24) is 10.3 Å². The highest BCUT2D eigenvalue weighted by atomic mass is 19.4. The van der Waals surface area contributed by atoms with Gasteiger partial charge >= 0.3 is 6.18 Å². The Kier molecular flexibility index (Phi) is 6.27. The summed E-state index contributed by atoms with van der Waals surface area (Å²) in [6.45, 7) is 1.81. The number of halogens is 3. The Morgan fingerprint density at radius 2 is 1.89 bits per heavy atom. The lowest BCUT2D eigenvalue weighted by Crippen LogP contribution is -2.61. The van der Waals surface area contributed by atoms with Gasteiger partial charge in [0.25, 0.3) is 0 Å². The van der Waals surface area contributed by atoms with Gasteiger partial charge in [-0.2, -0.15) is 18.4 Å². The maximum atomic E-state index is 13.4. The first-order chi connectivity index (χ1) is 17.3. The first-order valence-electron chi connectivity index (χ1n) is 11.7. The summed E-state index contributed by atoms with van der Waals surface area (Å²) in [5.74, 6) is -0.795. The zero-order valence-corrected chi connectivity index (χ0v) is 19.4. The number of rotatable bonds is 4. The molecule has 1 aromatic heterocycles. The van der Waals surface area contributed by atoms with Crippen LogP contribution < -0.4 is 15.1 Å². The van der Waals surface area contributed by atoms with E-state index in [1.54, 1.807) is 30.5 Å². The highest BCUT2D eigenvalue weighted by molar-refractivity contribution is 5.82. The number of piperazine rings is 1. The number of carbonyl (C=O) groups is 1. The molecule has 1 amide bonds. The summed E-state index contributed by atoms with van der Waals surface area (Å²) in [4.78, 5) is 21.8. The number of amides is 1. The predicted octanol–water partition coefficient (Wildman–Crippen LogP) is 4.16. The van der Waals surface area contributed by atoms with Crippen LogP contribution in [0, 0.1) is 17.2 Å². The number of benzene rings is 2. The highest BCUT2D eigenvalue weighted by Crippen LogP contribution is 2.40. The van der Waals surface area contributed by atoms with Gasteiger partial charge in [0.05, 0.1) is 41.0 Å². The minimum absolute atomic E-state index is 0.197. The summed E-state index contributed by atoms with van der Waals surface area (Å²) in [6, 6.07) is 18.5. The molecule has 6 nitrogen and oxygen atoms in total. The third-order valence-corrected chi connectivity index (χ3v) is 6.91. The maximum absolute atomic E-state index is 13.4. The van der Waals surface area contributed by atoms with Crippen LogP contribution in [0.2, 0.25) is 0 Å². The molecule has 2 atom stereocenters. The molecule has 184 valence electrons. The molecule has 1 N–H and O–H groups in total. The van der Waals surface area contributed by atoms with Crippen LogP contribution in [0.15, 0.2) is 66.9 Å². The molecule has 3 heterocycles. The van der Waals surface area contributed by atoms with E-state index in [0.29, 0.717) is 36.5 Å². The van der Waals surface area contributed by atoms with E-state index >= 15 is 0 Å². The lowest BCUT2D eigenvalue weighted by atomic mass is 9.82. The molecule has 1 saturated heterocycles. The second-order valence-electron chi connectivity index (χ2n) is 9.03. The molecule has 2 aliphatic heterocycles. The predicted molar refractivity (Wildman–Crippen MR) is 129 cm³/mol. The average molecular weight is 492 g/mol. The summed E-state index contributed by atoms with van der Waals surface area (Å²) in [5.41, 5.74) is 2.58. The van der Waals surface area contributed by atoms with Crippen LogP contribution >= 0.6 is 0 Å². The summed E-state index contributed by atoms with van der Waals surface area (Å²) in [5, 5.41) is 12.5. The van der Waals surface area contributed by atoms with Gasteiger partial charge in [-0.15, -0.1) is 0 Å². The van der Waals surface area contributed by atoms with E-state index in [0.717, 1.165) is 17.4 Å². The minimum Gasteiger partial charge on any atom is -0.367 e. The number of pyridine rings is 1. The van der Waals surface area contributed by atoms with Gasteiger partial charge in [-0.25, -0.2) is 0 Å². The van der Waals surface area contributed by atoms with E-state index in [4.69, 9.17) is 0 Å². The second kappa shape index (κ2) is 9.53. The molecule has 0 bridgehead atoms. The minimum atomic E-state index is -4.46. The van der Waals surface area contributed by atoms with Gasteiger partial charge in [-0.1, -0.05) is 18.2 Å². The molecular weight excluding hydrogens is 467 g/mol. The molecule has 0 saturated carbocycles. The van der Waals surface area contributed by atoms with Crippen molar-refractivity contribution in [1.29, 1.82) is 5.26 Å². The third kappa shape index (κ3) is 4.59. The fourth-order valence-electron chi connectivity index (χ4n) is 5.17. The average Bonchev–Trinajstić information content (AvgIpc) is 2.90. The quantitative estimate of drug-likeness (QED) is 0.594. The number of hydrogen-bond donors (Lipinski definition) is 1. The molecule has 0 unspecified atom stereocenters. The zero-order chi connectivity index (χ0) is 25.3. The SMILES string of the molecule is N#Cc1ccccc1N1CCN2c3ccc(C(F)(F)F)cc3C[C@H](C(=O)NCc3ccccn3)[C@@H]2C1. The first-order valence-corrected chi connectivity index (χ1v) is 11.7. The molecule has 9 heteroatoms. The largest absolute Gasteiger partial charge is 0.416 e. The number of carbonyl (C=O) groups excluding carboxylic acids is 1. The molecule has 1 fully saturated rings. The molecule has 0 aliphatic carbocycles. The van der Waals surface area contributed by atoms with Crippen molar-refractivity contribution in [2.45, 2.75) is 25.2 Å². The van der Waals surface area contributed by atoms with Gasteiger partial charge < -0.3 is 15.1 Å². The first kappa shape index (κ1) is 23.7. The van der Waals surface area contributed by atoms with E-state index < -0.39 is 17.7 Å². The molecule has 3 aromatic rings. The number of anilines is 2. The van der Waals surface area contributed by atoms with Crippen molar-refractivity contribution in [3.8, 4) is 6.07 Å². The summed E-state index contributed by atoms with van der Waals surface area (Å²) >= 11 is 0. The Labute approximate surface area is 207 Å². The molecule has 2 aromatic carbocycles. The van der Waals surface area contributed by atoms with E-state index in [-0.39, 0.29) is 24.9 Å². The molecule has 36 heavy (non-hydrogen) atoms. The number of hydrogen-bond acceptors (Lipinski definition) is 5. The third-order valence-electron chi connectivity index (χ3n) is 6.91. The number of alkyl halides is 3. The van der Waals surface area contributed by atoms with Gasteiger partial charge in [0, 0.05) is 31.5 Å². The van der Waals surface area contributed by atoms with Crippen molar-refractivity contribution in [2.24, 2.45) is 5.92 Å². The number of fused-ring (bicyclic) bond motifs is 3. The van der Waals surface area contributed by atoms with Gasteiger partial charge in [0.2, 0.25) is 5.91 Å². The van der Waals surface area contributed by atoms with Crippen LogP contribution in [0.4, 0.5) is 24.5 Å². The van der Waals surface area contributed by atoms with Crippen molar-refractivity contribution in [3.63, 3.8) is 0 Å². The normalized spacial score (nSPS) is 19.2. The number of nitriles is 1. The van der Waals surface area contributed by atoms with Gasteiger partial charge in [-0.05, 0) is 54.4 Å². The van der Waals surface area contributed by atoms with E-state index in [2.05, 4.69) is 26.2 Å². The van der Waals surface area contributed by atoms with Crippen LogP contribution in [0.3, 0.4) is 0 Å². The summed E-state index contributed by atoms with van der Waals surface area (Å²) < 4.78 is 40.3. The number of aromatic nitrogens is 1. The van der Waals surface area contributed by atoms with Crippen LogP contribution in [0.25, 0.3) is 0 Å². The molecule has 0 radical (unpaired) electrons. The molecule has 0 spiro atoms. The topological polar surface area (TPSA) is 72.3 Å². The van der Waals surface area contributed by atoms with Crippen molar-refractivity contribution < 1.29 is 18.0 Å². The summed E-state index contributed by atoms with van der Waals surface area (Å²) in [6.07, 6.45) is -2.62. The Bertz CT molecular complexity index is 1300. The Hall–Kier alpha value is -4.06. The van der Waals surface area contributed by atoms with Crippen molar-refractivity contribution in [2.75, 3.05) is 29.4 Å². The smallest absolute Gasteiger partial charge is 0.367 e. The summed E-state index contributed by atoms with van der Waals surface area (Å²) in [7, 11) is 0. The van der Waals surface area contributed by atoms with Crippen LogP contribution in [-0.2, 0) is 23.9 Å². The number of nitrogens with zero attached hydrogens (tertiary/aromatic N) is 4. The van der Waals surface area contributed by atoms with E-state index in [1.807, 2.05) is 18.2 Å². The lowest BCUT2D eigenvalue weighted by Gasteiger charge is -2.49. The standard InChI is InChI=1S/C27H24F3N5O/c28-27(29,30)20-8-9-24-19(13-20)14-22(26(36)33-16-21-6-3-4-10-32-21)25-17-34(11-12-35(24)25)23-7-2-1-5-18(23)15-31/h1-10,13,22,25H,11-12,14,16-17H2,(H,33,36)/t22-,25-/m0/s1. The maximum Gasteiger partial charge on any atom is 0.416 e. The lowest BCUT2D eigenvalue weighted by molar-refractivity contribution is -0.137. The molecular formula is C27H24F3N5O. The van der Waals surface area contributed by atoms with Crippen LogP contribution in [-0.4, -0.2) is 36.6 Å². The van der Waals surface area contributed by atoms with E-state index in [9.17, 15) is 23.2 Å². The van der Waals surface area contributed by atoms with Crippen LogP contribution in [0.5, 0.6) is 0 Å². The highest BCUT2D eigenvalue weighted by Gasteiger charge is 2.43. The van der Waals surface area contributed by atoms with Crippen molar-refractivity contribution >= 4 is 17.3 Å². The fourth-order valence-corrected chi connectivity index (χ4v) is 5.17. The Morgan fingerprint density at radius 1 is 1.08 bits per heavy atom. The fraction of sp³-hybridized carbons (Fsp3) is 0.296.